The molecule has 0 aliphatic heterocycles. The van der Waals surface area contributed by atoms with E-state index in [9.17, 15) is 9.59 Å². The Bertz CT molecular complexity index is 836. The van der Waals surface area contributed by atoms with Gasteiger partial charge in [-0.1, -0.05) is 28.1 Å². The highest BCUT2D eigenvalue weighted by molar-refractivity contribution is 9.10. The quantitative estimate of drug-likeness (QED) is 0.616. The number of hydrogen-bond acceptors (Lipinski definition) is 5. The van der Waals surface area contributed by atoms with Crippen LogP contribution in [-0.2, 0) is 16.1 Å². The minimum absolute atomic E-state index is 0.230. The Hall–Kier alpha value is -2.74. The molecular formula is C21H25BrN2O5. The summed E-state index contributed by atoms with van der Waals surface area (Å²) < 4.78 is 17.0. The van der Waals surface area contributed by atoms with E-state index >= 15 is 0 Å². The van der Waals surface area contributed by atoms with Crippen molar-refractivity contribution in [2.75, 3.05) is 27.9 Å². The summed E-state index contributed by atoms with van der Waals surface area (Å²) in [6, 6.07) is 12.0. The van der Waals surface area contributed by atoms with Crippen LogP contribution in [0.25, 0.3) is 0 Å². The largest absolute Gasteiger partial charge is 0.496 e. The van der Waals surface area contributed by atoms with Gasteiger partial charge in [0.1, 0.15) is 23.3 Å². The Labute approximate surface area is 179 Å². The van der Waals surface area contributed by atoms with Crippen molar-refractivity contribution in [1.29, 1.82) is 0 Å². The van der Waals surface area contributed by atoms with E-state index in [4.69, 9.17) is 14.2 Å². The summed E-state index contributed by atoms with van der Waals surface area (Å²) in [5, 5.41) is 2.59. The third-order valence-corrected chi connectivity index (χ3v) is 4.84. The monoisotopic (exact) mass is 464 g/mol. The molecule has 156 valence electrons. The molecule has 0 unspecified atom stereocenters. The van der Waals surface area contributed by atoms with Gasteiger partial charge in [-0.3, -0.25) is 9.59 Å². The average Bonchev–Trinajstić information content (AvgIpc) is 2.74. The van der Waals surface area contributed by atoms with Gasteiger partial charge in [-0.2, -0.15) is 0 Å². The summed E-state index contributed by atoms with van der Waals surface area (Å²) >= 11 is 3.43. The molecule has 7 nitrogen and oxygen atoms in total. The Kier molecular flexibility index (Phi) is 8.33. The van der Waals surface area contributed by atoms with Crippen molar-refractivity contribution in [2.45, 2.75) is 19.5 Å². The van der Waals surface area contributed by atoms with Gasteiger partial charge in [0, 0.05) is 36.3 Å². The van der Waals surface area contributed by atoms with Crippen LogP contribution in [0.3, 0.4) is 0 Å². The molecule has 0 fully saturated rings. The molecule has 1 N–H and O–H groups in total. The van der Waals surface area contributed by atoms with E-state index in [1.165, 1.54) is 19.1 Å². The lowest BCUT2D eigenvalue weighted by Crippen LogP contribution is -2.48. The van der Waals surface area contributed by atoms with Gasteiger partial charge in [0.05, 0.1) is 14.2 Å². The van der Waals surface area contributed by atoms with Gasteiger partial charge in [-0.15, -0.1) is 0 Å². The zero-order valence-electron chi connectivity index (χ0n) is 16.9. The molecule has 29 heavy (non-hydrogen) atoms. The zero-order valence-corrected chi connectivity index (χ0v) is 18.5. The Morgan fingerprint density at radius 2 is 1.69 bits per heavy atom. The minimum Gasteiger partial charge on any atom is -0.496 e. The fraction of sp³-hybridized carbons (Fsp3) is 0.333. The van der Waals surface area contributed by atoms with Crippen LogP contribution in [0.2, 0.25) is 0 Å². The lowest BCUT2D eigenvalue weighted by Gasteiger charge is -2.28. The summed E-state index contributed by atoms with van der Waals surface area (Å²) in [7, 11) is 4.61. The van der Waals surface area contributed by atoms with Crippen LogP contribution in [0.4, 0.5) is 0 Å². The summed E-state index contributed by atoms with van der Waals surface area (Å²) in [6.45, 7) is 1.73. The topological polar surface area (TPSA) is 77.1 Å². The maximum Gasteiger partial charge on any atom is 0.261 e. The lowest BCUT2D eigenvalue weighted by molar-refractivity contribution is -0.142. The van der Waals surface area contributed by atoms with E-state index in [1.54, 1.807) is 32.2 Å². The SMILES string of the molecule is CNC(=O)[C@@H](C)N(Cc1cccc(Br)c1)C(=O)COc1cc(OC)cc(OC)c1. The number of halogens is 1. The third-order valence-electron chi connectivity index (χ3n) is 4.34. The Balaban J connectivity index is 2.17. The number of benzene rings is 2. The molecule has 0 bridgehead atoms. The first-order valence-electron chi connectivity index (χ1n) is 8.99. The number of likely N-dealkylation sites (N-methyl/N-ethyl adjacent to an activating group) is 1. The second kappa shape index (κ2) is 10.7. The van der Waals surface area contributed by atoms with Gasteiger partial charge in [0.15, 0.2) is 6.61 Å². The summed E-state index contributed by atoms with van der Waals surface area (Å²) in [5.74, 6) is 0.969. The molecule has 2 rings (SSSR count). The maximum atomic E-state index is 12.9. The van der Waals surface area contributed by atoms with E-state index < -0.39 is 6.04 Å². The Morgan fingerprint density at radius 1 is 1.07 bits per heavy atom. The van der Waals surface area contributed by atoms with Gasteiger partial charge < -0.3 is 24.4 Å². The number of nitrogens with zero attached hydrogens (tertiary/aromatic N) is 1. The van der Waals surface area contributed by atoms with Crippen molar-refractivity contribution in [3.8, 4) is 17.2 Å². The highest BCUT2D eigenvalue weighted by Crippen LogP contribution is 2.27. The van der Waals surface area contributed by atoms with E-state index in [1.807, 2.05) is 24.3 Å². The van der Waals surface area contributed by atoms with Crippen LogP contribution in [0, 0.1) is 0 Å². The number of carbonyl (C=O) groups is 2. The number of amides is 2. The highest BCUT2D eigenvalue weighted by atomic mass is 79.9. The molecule has 0 heterocycles. The third kappa shape index (κ3) is 6.39. The van der Waals surface area contributed by atoms with E-state index in [-0.39, 0.29) is 25.0 Å². The number of hydrogen-bond donors (Lipinski definition) is 1. The predicted molar refractivity (Wildman–Crippen MR) is 113 cm³/mol. The molecule has 2 aromatic carbocycles. The molecule has 2 aromatic rings. The number of carbonyl (C=O) groups excluding carboxylic acids is 2. The van der Waals surface area contributed by atoms with Crippen LogP contribution in [-0.4, -0.2) is 50.6 Å². The zero-order chi connectivity index (χ0) is 21.4. The molecule has 0 aliphatic carbocycles. The van der Waals surface area contributed by atoms with Crippen molar-refractivity contribution in [3.05, 3.63) is 52.5 Å². The molecular weight excluding hydrogens is 440 g/mol. The molecule has 0 saturated carbocycles. The standard InChI is InChI=1S/C21H25BrN2O5/c1-14(21(26)23-2)24(12-15-6-5-7-16(22)8-15)20(25)13-29-19-10-17(27-3)9-18(11-19)28-4/h5-11,14H,12-13H2,1-4H3,(H,23,26)/t14-/m1/s1. The number of nitrogens with one attached hydrogen (secondary N) is 1. The number of rotatable bonds is 9. The van der Waals surface area contributed by atoms with Crippen LogP contribution in [0.1, 0.15) is 12.5 Å². The molecule has 1 atom stereocenters. The summed E-state index contributed by atoms with van der Waals surface area (Å²) in [4.78, 5) is 26.6. The average molecular weight is 465 g/mol. The number of ether oxygens (including phenoxy) is 3. The van der Waals surface area contributed by atoms with E-state index in [2.05, 4.69) is 21.2 Å². The first-order chi connectivity index (χ1) is 13.9. The Morgan fingerprint density at radius 3 is 2.24 bits per heavy atom. The van der Waals surface area contributed by atoms with E-state index in [0.29, 0.717) is 17.2 Å². The highest BCUT2D eigenvalue weighted by Gasteiger charge is 2.26. The fourth-order valence-electron chi connectivity index (χ4n) is 2.72. The van der Waals surface area contributed by atoms with Crippen LogP contribution < -0.4 is 19.5 Å². The molecule has 0 spiro atoms. The van der Waals surface area contributed by atoms with Gasteiger partial charge in [-0.05, 0) is 24.6 Å². The van der Waals surface area contributed by atoms with Gasteiger partial charge >= 0.3 is 0 Å². The van der Waals surface area contributed by atoms with Gasteiger partial charge in [0.25, 0.3) is 5.91 Å². The summed E-state index contributed by atoms with van der Waals surface area (Å²) in [6.07, 6.45) is 0. The van der Waals surface area contributed by atoms with Crippen molar-refractivity contribution < 1.29 is 23.8 Å². The van der Waals surface area contributed by atoms with Crippen molar-refractivity contribution in [3.63, 3.8) is 0 Å². The normalized spacial score (nSPS) is 11.3. The molecule has 8 heteroatoms. The van der Waals surface area contributed by atoms with Gasteiger partial charge in [-0.25, -0.2) is 0 Å². The molecule has 0 saturated heterocycles. The predicted octanol–water partition coefficient (Wildman–Crippen LogP) is 3.01. The first kappa shape index (κ1) is 22.5. The fourth-order valence-corrected chi connectivity index (χ4v) is 3.16. The van der Waals surface area contributed by atoms with Crippen molar-refractivity contribution >= 4 is 27.7 Å². The molecule has 2 amide bonds. The second-order valence-corrected chi connectivity index (χ2v) is 7.19. The lowest BCUT2D eigenvalue weighted by atomic mass is 10.1. The smallest absolute Gasteiger partial charge is 0.261 e. The van der Waals surface area contributed by atoms with Crippen molar-refractivity contribution in [1.82, 2.24) is 10.2 Å². The number of methoxy groups -OCH3 is 2. The molecule has 0 radical (unpaired) electrons. The molecule has 0 aromatic heterocycles. The summed E-state index contributed by atoms with van der Waals surface area (Å²) in [5.41, 5.74) is 0.895. The minimum atomic E-state index is -0.657. The van der Waals surface area contributed by atoms with Crippen molar-refractivity contribution in [2.24, 2.45) is 0 Å². The maximum absolute atomic E-state index is 12.9. The second-order valence-electron chi connectivity index (χ2n) is 6.28. The first-order valence-corrected chi connectivity index (χ1v) is 9.78. The van der Waals surface area contributed by atoms with Gasteiger partial charge in [0.2, 0.25) is 5.91 Å². The van der Waals surface area contributed by atoms with E-state index in [0.717, 1.165) is 10.0 Å². The van der Waals surface area contributed by atoms with Crippen LogP contribution in [0.15, 0.2) is 46.9 Å². The van der Waals surface area contributed by atoms with Crippen LogP contribution in [0.5, 0.6) is 17.2 Å². The molecule has 0 aliphatic rings. The van der Waals surface area contributed by atoms with Crippen LogP contribution >= 0.6 is 15.9 Å².